The molecule has 0 amide bonds. The minimum Gasteiger partial charge on any atom is -0.481 e. The van der Waals surface area contributed by atoms with Gasteiger partial charge < -0.3 is 19.6 Å². The largest absolute Gasteiger partial charge is 0.481 e. The van der Waals surface area contributed by atoms with Crippen LogP contribution in [-0.2, 0) is 21.4 Å². The Balaban J connectivity index is 0.000000601. The highest BCUT2D eigenvalue weighted by molar-refractivity contribution is 7.88. The molecule has 2 aromatic rings. The SMILES string of the molecule is CC(=O)O.CS(=O)(=O)N1CCC(n2ccnc2-c2ccc3n(c2=O)C[C@@H]2CNC[C@H]3C2)CC1. The first-order chi connectivity index (χ1) is 15.6. The van der Waals surface area contributed by atoms with Crippen LogP contribution >= 0.6 is 0 Å². The Labute approximate surface area is 193 Å². The summed E-state index contributed by atoms with van der Waals surface area (Å²) in [6.07, 6.45) is 7.50. The van der Waals surface area contributed by atoms with E-state index < -0.39 is 16.0 Å². The first kappa shape index (κ1) is 23.7. The predicted octanol–water partition coefficient (Wildman–Crippen LogP) is 1.11. The van der Waals surface area contributed by atoms with Crippen molar-refractivity contribution in [1.29, 1.82) is 0 Å². The molecule has 3 aliphatic heterocycles. The van der Waals surface area contributed by atoms with Crippen LogP contribution < -0.4 is 10.9 Å². The molecule has 0 saturated carbocycles. The Morgan fingerprint density at radius 3 is 2.58 bits per heavy atom. The Bertz CT molecular complexity index is 1180. The third kappa shape index (κ3) is 5.04. The smallest absolute Gasteiger partial charge is 0.300 e. The molecule has 2 bridgehead atoms. The maximum Gasteiger partial charge on any atom is 0.300 e. The van der Waals surface area contributed by atoms with E-state index in [2.05, 4.69) is 20.9 Å². The van der Waals surface area contributed by atoms with Crippen molar-refractivity contribution in [2.24, 2.45) is 5.92 Å². The fraction of sp³-hybridized carbons (Fsp3) is 0.591. The van der Waals surface area contributed by atoms with Gasteiger partial charge in [0.2, 0.25) is 10.0 Å². The number of piperidine rings is 2. The van der Waals surface area contributed by atoms with Crippen LogP contribution in [0, 0.1) is 5.92 Å². The van der Waals surface area contributed by atoms with Crippen LogP contribution in [0.4, 0.5) is 0 Å². The molecule has 0 radical (unpaired) electrons. The summed E-state index contributed by atoms with van der Waals surface area (Å²) < 4.78 is 29.1. The van der Waals surface area contributed by atoms with Crippen LogP contribution in [0.2, 0.25) is 0 Å². The molecule has 11 heteroatoms. The number of imidazole rings is 1. The number of hydrogen-bond donors (Lipinski definition) is 2. The van der Waals surface area contributed by atoms with Crippen molar-refractivity contribution in [1.82, 2.24) is 23.7 Å². The van der Waals surface area contributed by atoms with E-state index in [-0.39, 0.29) is 11.6 Å². The first-order valence-electron chi connectivity index (χ1n) is 11.3. The van der Waals surface area contributed by atoms with Crippen LogP contribution in [0.3, 0.4) is 0 Å². The molecular weight excluding hydrogens is 446 g/mol. The lowest BCUT2D eigenvalue weighted by Crippen LogP contribution is -2.45. The minimum absolute atomic E-state index is 0.0418. The van der Waals surface area contributed by atoms with E-state index in [9.17, 15) is 13.2 Å². The molecule has 33 heavy (non-hydrogen) atoms. The predicted molar refractivity (Wildman–Crippen MR) is 124 cm³/mol. The van der Waals surface area contributed by atoms with Crippen molar-refractivity contribution in [2.75, 3.05) is 32.4 Å². The maximum atomic E-state index is 13.4. The molecule has 2 N–H and O–H groups in total. The quantitative estimate of drug-likeness (QED) is 0.678. The van der Waals surface area contributed by atoms with Crippen LogP contribution in [0.5, 0.6) is 0 Å². The molecule has 10 nitrogen and oxygen atoms in total. The molecule has 0 aromatic carbocycles. The van der Waals surface area contributed by atoms with E-state index >= 15 is 0 Å². The van der Waals surface area contributed by atoms with Crippen molar-refractivity contribution in [3.63, 3.8) is 0 Å². The van der Waals surface area contributed by atoms with Gasteiger partial charge >= 0.3 is 0 Å². The second kappa shape index (κ2) is 9.40. The summed E-state index contributed by atoms with van der Waals surface area (Å²) in [5, 5.41) is 10.9. The van der Waals surface area contributed by atoms with Gasteiger partial charge in [0.05, 0.1) is 11.8 Å². The van der Waals surface area contributed by atoms with E-state index in [1.54, 1.807) is 6.20 Å². The zero-order valence-corrected chi connectivity index (χ0v) is 19.8. The summed E-state index contributed by atoms with van der Waals surface area (Å²) in [5.74, 6) is 0.774. The van der Waals surface area contributed by atoms with Gasteiger partial charge in [0.1, 0.15) is 5.82 Å². The number of aromatic nitrogens is 3. The Kier molecular flexibility index (Phi) is 6.73. The van der Waals surface area contributed by atoms with Crippen LogP contribution in [-0.4, -0.2) is 70.4 Å². The van der Waals surface area contributed by atoms with Crippen LogP contribution in [0.1, 0.15) is 43.8 Å². The Morgan fingerprint density at radius 2 is 1.91 bits per heavy atom. The second-order valence-electron chi connectivity index (χ2n) is 9.11. The average molecular weight is 478 g/mol. The van der Waals surface area contributed by atoms with Gasteiger partial charge in [-0.25, -0.2) is 17.7 Å². The lowest BCUT2D eigenvalue weighted by atomic mass is 9.84. The summed E-state index contributed by atoms with van der Waals surface area (Å²) >= 11 is 0. The van der Waals surface area contributed by atoms with Crippen molar-refractivity contribution < 1.29 is 18.3 Å². The zero-order chi connectivity index (χ0) is 23.8. The van der Waals surface area contributed by atoms with E-state index in [1.807, 2.05) is 16.8 Å². The van der Waals surface area contributed by atoms with Gasteiger partial charge in [0, 0.05) is 63.2 Å². The molecule has 2 saturated heterocycles. The Hall–Kier alpha value is -2.50. The van der Waals surface area contributed by atoms with Crippen LogP contribution in [0.25, 0.3) is 11.4 Å². The van der Waals surface area contributed by atoms with E-state index in [4.69, 9.17) is 9.90 Å². The molecule has 2 fully saturated rings. The van der Waals surface area contributed by atoms with Crippen molar-refractivity contribution >= 4 is 16.0 Å². The van der Waals surface area contributed by atoms with Crippen molar-refractivity contribution in [3.05, 3.63) is 40.6 Å². The second-order valence-corrected chi connectivity index (χ2v) is 11.1. The van der Waals surface area contributed by atoms with Gasteiger partial charge in [-0.05, 0) is 43.9 Å². The number of pyridine rings is 1. The third-order valence-corrected chi connectivity index (χ3v) is 8.01. The highest BCUT2D eigenvalue weighted by Crippen LogP contribution is 2.33. The molecule has 3 aliphatic rings. The number of nitrogens with one attached hydrogen (secondary N) is 1. The van der Waals surface area contributed by atoms with E-state index in [1.165, 1.54) is 10.6 Å². The summed E-state index contributed by atoms with van der Waals surface area (Å²) in [6, 6.07) is 4.17. The molecular formula is C22H31N5O5S. The van der Waals surface area contributed by atoms with Crippen LogP contribution in [0.15, 0.2) is 29.3 Å². The van der Waals surface area contributed by atoms with Gasteiger partial charge in [0.25, 0.3) is 11.5 Å². The maximum absolute atomic E-state index is 13.4. The number of hydrogen-bond acceptors (Lipinski definition) is 6. The molecule has 0 spiro atoms. The van der Waals surface area contributed by atoms with Gasteiger partial charge in [-0.3, -0.25) is 9.59 Å². The molecule has 2 atom stereocenters. The summed E-state index contributed by atoms with van der Waals surface area (Å²) in [7, 11) is -3.15. The summed E-state index contributed by atoms with van der Waals surface area (Å²) in [6.45, 7) is 4.75. The summed E-state index contributed by atoms with van der Waals surface area (Å²) in [4.78, 5) is 26.9. The number of carboxylic acid groups (broad SMARTS) is 1. The van der Waals surface area contributed by atoms with Gasteiger partial charge in [-0.1, -0.05) is 0 Å². The lowest BCUT2D eigenvalue weighted by Gasteiger charge is -2.37. The fourth-order valence-corrected chi connectivity index (χ4v) is 6.10. The molecule has 0 aliphatic carbocycles. The highest BCUT2D eigenvalue weighted by Gasteiger charge is 2.32. The fourth-order valence-electron chi connectivity index (χ4n) is 5.23. The Morgan fingerprint density at radius 1 is 1.21 bits per heavy atom. The molecule has 5 rings (SSSR count). The number of aliphatic carboxylic acids is 1. The number of rotatable bonds is 3. The first-order valence-corrected chi connectivity index (χ1v) is 13.1. The monoisotopic (exact) mass is 477 g/mol. The summed E-state index contributed by atoms with van der Waals surface area (Å²) in [5.41, 5.74) is 1.80. The lowest BCUT2D eigenvalue weighted by molar-refractivity contribution is -0.134. The standard InChI is InChI=1S/C20H27N5O3S.C2H4O2/c1-29(27,28)23-7-4-16(5-8-23)24-9-6-22-19(24)17-2-3-18-15-10-14(11-21-12-15)13-25(18)20(17)26;1-2(3)4/h2-3,6,9,14-16,21H,4-5,7-8,10-13H2,1H3;1H3,(H,3,4)/t14-,15+;/m0./s1. The van der Waals surface area contributed by atoms with Gasteiger partial charge in [-0.15, -0.1) is 0 Å². The van der Waals surface area contributed by atoms with Gasteiger partial charge in [-0.2, -0.15) is 0 Å². The number of carbonyl (C=O) groups is 1. The molecule has 180 valence electrons. The average Bonchev–Trinajstić information content (AvgIpc) is 3.23. The minimum atomic E-state index is -3.15. The number of fused-ring (bicyclic) bond motifs is 4. The third-order valence-electron chi connectivity index (χ3n) is 6.70. The van der Waals surface area contributed by atoms with Gasteiger partial charge in [0.15, 0.2) is 0 Å². The highest BCUT2D eigenvalue weighted by atomic mass is 32.2. The topological polar surface area (TPSA) is 127 Å². The number of nitrogens with zero attached hydrogens (tertiary/aromatic N) is 4. The number of carboxylic acids is 1. The van der Waals surface area contributed by atoms with Crippen molar-refractivity contribution in [2.45, 2.75) is 44.7 Å². The van der Waals surface area contributed by atoms with Crippen molar-refractivity contribution in [3.8, 4) is 11.4 Å². The number of sulfonamides is 1. The van der Waals surface area contributed by atoms with E-state index in [0.717, 1.165) is 51.5 Å². The molecule has 5 heterocycles. The van der Waals surface area contributed by atoms with E-state index in [0.29, 0.717) is 36.3 Å². The zero-order valence-electron chi connectivity index (χ0n) is 19.0. The molecule has 0 unspecified atom stereocenters. The molecule has 2 aromatic heterocycles. The normalized spacial score (nSPS) is 23.3.